The second-order valence-corrected chi connectivity index (χ2v) is 7.16. The second-order valence-electron chi connectivity index (χ2n) is 7.16. The van der Waals surface area contributed by atoms with E-state index in [0.29, 0.717) is 6.61 Å². The highest BCUT2D eigenvalue weighted by Gasteiger charge is 1.97. The molecule has 0 saturated carbocycles. The highest BCUT2D eigenvalue weighted by atomic mass is 16.5. The number of unbranched alkanes of at least 4 members (excludes halogenated alkanes) is 6. The molecule has 0 fully saturated rings. The molecule has 28 heavy (non-hydrogen) atoms. The minimum Gasteiger partial charge on any atom is -0.494 e. The quantitative estimate of drug-likeness (QED) is 0.278. The predicted octanol–water partition coefficient (Wildman–Crippen LogP) is 7.16. The SMILES string of the molecule is CCCCCCc1ccc(N=Nc2ccc(OCCCCCCO)cc2)cc1. The molecule has 0 atom stereocenters. The van der Waals surface area contributed by atoms with Crippen molar-refractivity contribution in [2.45, 2.75) is 64.7 Å². The van der Waals surface area contributed by atoms with Gasteiger partial charge in [-0.05, 0) is 74.1 Å². The first-order valence-corrected chi connectivity index (χ1v) is 10.7. The van der Waals surface area contributed by atoms with Crippen LogP contribution in [0.15, 0.2) is 58.8 Å². The van der Waals surface area contributed by atoms with Gasteiger partial charge in [0.05, 0.1) is 18.0 Å². The van der Waals surface area contributed by atoms with E-state index in [1.54, 1.807) is 0 Å². The standard InChI is InChI=1S/C24H34N2O2/c1-2-3-4-7-10-21-11-13-22(14-12-21)25-26-23-15-17-24(18-16-23)28-20-9-6-5-8-19-27/h11-18,27H,2-10,19-20H2,1H3. The number of hydrogen-bond donors (Lipinski definition) is 1. The van der Waals surface area contributed by atoms with Crippen LogP contribution in [-0.2, 0) is 6.42 Å². The molecule has 0 aliphatic heterocycles. The number of aliphatic hydroxyl groups is 1. The Morgan fingerprint density at radius 2 is 1.32 bits per heavy atom. The van der Waals surface area contributed by atoms with Gasteiger partial charge in [0.25, 0.3) is 0 Å². The number of benzene rings is 2. The highest BCUT2D eigenvalue weighted by Crippen LogP contribution is 2.22. The molecular weight excluding hydrogens is 348 g/mol. The van der Waals surface area contributed by atoms with E-state index in [-0.39, 0.29) is 6.61 Å². The van der Waals surface area contributed by atoms with Crippen molar-refractivity contribution in [1.82, 2.24) is 0 Å². The lowest BCUT2D eigenvalue weighted by atomic mass is 10.1. The van der Waals surface area contributed by atoms with Gasteiger partial charge >= 0.3 is 0 Å². The molecule has 0 aliphatic rings. The van der Waals surface area contributed by atoms with Crippen LogP contribution in [0.1, 0.15) is 63.9 Å². The number of azo groups is 1. The molecule has 0 amide bonds. The number of ether oxygens (including phenoxy) is 1. The molecule has 1 N–H and O–H groups in total. The molecule has 4 heteroatoms. The number of rotatable bonds is 14. The third kappa shape index (κ3) is 9.14. The van der Waals surface area contributed by atoms with Crippen molar-refractivity contribution in [3.05, 3.63) is 54.1 Å². The fraction of sp³-hybridized carbons (Fsp3) is 0.500. The maximum atomic E-state index is 8.76. The van der Waals surface area contributed by atoms with E-state index in [9.17, 15) is 0 Å². The molecular formula is C24H34N2O2. The first-order valence-electron chi connectivity index (χ1n) is 10.7. The highest BCUT2D eigenvalue weighted by molar-refractivity contribution is 5.43. The third-order valence-electron chi connectivity index (χ3n) is 4.69. The molecule has 2 aromatic carbocycles. The van der Waals surface area contributed by atoms with E-state index in [1.165, 1.54) is 31.2 Å². The Morgan fingerprint density at radius 1 is 0.714 bits per heavy atom. The summed E-state index contributed by atoms with van der Waals surface area (Å²) in [7, 11) is 0. The van der Waals surface area contributed by atoms with Gasteiger partial charge in [-0.25, -0.2) is 0 Å². The van der Waals surface area contributed by atoms with Gasteiger partial charge in [0.15, 0.2) is 0 Å². The lowest BCUT2D eigenvalue weighted by molar-refractivity contribution is 0.273. The van der Waals surface area contributed by atoms with Crippen LogP contribution in [0.25, 0.3) is 0 Å². The van der Waals surface area contributed by atoms with E-state index >= 15 is 0 Å². The summed E-state index contributed by atoms with van der Waals surface area (Å²) >= 11 is 0. The van der Waals surface area contributed by atoms with Crippen molar-refractivity contribution in [2.75, 3.05) is 13.2 Å². The zero-order chi connectivity index (χ0) is 19.9. The Labute approximate surface area is 169 Å². The molecule has 0 aliphatic carbocycles. The summed E-state index contributed by atoms with van der Waals surface area (Å²) < 4.78 is 5.73. The Bertz CT molecular complexity index is 666. The van der Waals surface area contributed by atoms with E-state index in [0.717, 1.165) is 49.2 Å². The monoisotopic (exact) mass is 382 g/mol. The smallest absolute Gasteiger partial charge is 0.119 e. The van der Waals surface area contributed by atoms with Crippen LogP contribution in [-0.4, -0.2) is 18.3 Å². The predicted molar refractivity (Wildman–Crippen MR) is 116 cm³/mol. The molecule has 4 nitrogen and oxygen atoms in total. The van der Waals surface area contributed by atoms with Gasteiger partial charge in [-0.2, -0.15) is 10.2 Å². The minimum atomic E-state index is 0.278. The summed E-state index contributed by atoms with van der Waals surface area (Å²) in [6, 6.07) is 16.1. The molecule has 0 radical (unpaired) electrons. The summed E-state index contributed by atoms with van der Waals surface area (Å²) in [5.41, 5.74) is 3.06. The second kappa shape index (κ2) is 13.9. The summed E-state index contributed by atoms with van der Waals surface area (Å²) in [6.07, 6.45) is 10.3. The average Bonchev–Trinajstić information content (AvgIpc) is 2.74. The Kier molecular flexibility index (Phi) is 11.0. The topological polar surface area (TPSA) is 54.2 Å². The van der Waals surface area contributed by atoms with Crippen molar-refractivity contribution >= 4 is 11.4 Å². The molecule has 0 bridgehead atoms. The van der Waals surface area contributed by atoms with Crippen molar-refractivity contribution in [1.29, 1.82) is 0 Å². The van der Waals surface area contributed by atoms with E-state index in [4.69, 9.17) is 9.84 Å². The first kappa shape index (κ1) is 22.1. The molecule has 0 saturated heterocycles. The number of nitrogens with zero attached hydrogens (tertiary/aromatic N) is 2. The van der Waals surface area contributed by atoms with Crippen molar-refractivity contribution in [3.63, 3.8) is 0 Å². The largest absolute Gasteiger partial charge is 0.494 e. The molecule has 152 valence electrons. The van der Waals surface area contributed by atoms with Crippen LogP contribution < -0.4 is 4.74 Å². The molecule has 0 unspecified atom stereocenters. The van der Waals surface area contributed by atoms with Gasteiger partial charge in [-0.1, -0.05) is 44.7 Å². The number of aliphatic hydroxyl groups excluding tert-OH is 1. The summed E-state index contributed by atoms with van der Waals surface area (Å²) in [6.45, 7) is 3.22. The molecule has 0 spiro atoms. The maximum absolute atomic E-state index is 8.76. The third-order valence-corrected chi connectivity index (χ3v) is 4.69. The fourth-order valence-electron chi connectivity index (χ4n) is 2.97. The van der Waals surface area contributed by atoms with Crippen LogP contribution >= 0.6 is 0 Å². The van der Waals surface area contributed by atoms with Crippen molar-refractivity contribution in [3.8, 4) is 5.75 Å². The lowest BCUT2D eigenvalue weighted by Crippen LogP contribution is -1.97. The van der Waals surface area contributed by atoms with Crippen LogP contribution in [0, 0.1) is 0 Å². The first-order chi connectivity index (χ1) is 13.8. The number of aryl methyl sites for hydroxylation is 1. The zero-order valence-electron chi connectivity index (χ0n) is 17.1. The van der Waals surface area contributed by atoms with Gasteiger partial charge < -0.3 is 9.84 Å². The fourth-order valence-corrected chi connectivity index (χ4v) is 2.97. The summed E-state index contributed by atoms with van der Waals surface area (Å²) in [5, 5.41) is 17.4. The van der Waals surface area contributed by atoms with Gasteiger partial charge in [-0.3, -0.25) is 0 Å². The Balaban J connectivity index is 1.73. The lowest BCUT2D eigenvalue weighted by Gasteiger charge is -2.06. The van der Waals surface area contributed by atoms with E-state index in [2.05, 4.69) is 29.3 Å². The van der Waals surface area contributed by atoms with E-state index < -0.39 is 0 Å². The Morgan fingerprint density at radius 3 is 1.96 bits per heavy atom. The summed E-state index contributed by atoms with van der Waals surface area (Å²) in [4.78, 5) is 0. The van der Waals surface area contributed by atoms with Crippen LogP contribution in [0.4, 0.5) is 11.4 Å². The van der Waals surface area contributed by atoms with Gasteiger partial charge in [0, 0.05) is 6.61 Å². The zero-order valence-corrected chi connectivity index (χ0v) is 17.1. The van der Waals surface area contributed by atoms with Gasteiger partial charge in [-0.15, -0.1) is 0 Å². The van der Waals surface area contributed by atoms with Gasteiger partial charge in [0.1, 0.15) is 5.75 Å². The van der Waals surface area contributed by atoms with Crippen LogP contribution in [0.3, 0.4) is 0 Å². The maximum Gasteiger partial charge on any atom is 0.119 e. The number of hydrogen-bond acceptors (Lipinski definition) is 4. The molecule has 0 aromatic heterocycles. The summed E-state index contributed by atoms with van der Waals surface area (Å²) in [5.74, 6) is 0.855. The van der Waals surface area contributed by atoms with Crippen molar-refractivity contribution in [2.24, 2.45) is 10.2 Å². The molecule has 2 aromatic rings. The average molecular weight is 383 g/mol. The van der Waals surface area contributed by atoms with Crippen molar-refractivity contribution < 1.29 is 9.84 Å². The minimum absolute atomic E-state index is 0.278. The molecule has 0 heterocycles. The van der Waals surface area contributed by atoms with Crippen LogP contribution in [0.5, 0.6) is 5.75 Å². The van der Waals surface area contributed by atoms with Gasteiger partial charge in [0.2, 0.25) is 0 Å². The normalized spacial score (nSPS) is 11.2. The molecule has 2 rings (SSSR count). The van der Waals surface area contributed by atoms with E-state index in [1.807, 2.05) is 36.4 Å². The Hall–Kier alpha value is -2.20. The van der Waals surface area contributed by atoms with Crippen LogP contribution in [0.2, 0.25) is 0 Å².